The number of benzene rings is 1. The number of H-pyrrole nitrogens is 1. The van der Waals surface area contributed by atoms with Gasteiger partial charge in [0.05, 0.1) is 0 Å². The van der Waals surface area contributed by atoms with Crippen molar-refractivity contribution in [3.8, 4) is 11.4 Å². The maximum Gasteiger partial charge on any atom is 0.263 e. The first-order chi connectivity index (χ1) is 13.9. The third kappa shape index (κ3) is 4.09. The molecule has 10 heteroatoms. The summed E-state index contributed by atoms with van der Waals surface area (Å²) in [7, 11) is -3.63. The Morgan fingerprint density at radius 1 is 1.28 bits per heavy atom. The number of nitrogens with zero attached hydrogens (tertiary/aromatic N) is 3. The second kappa shape index (κ2) is 8.05. The summed E-state index contributed by atoms with van der Waals surface area (Å²) in [6.07, 6.45) is 1.71. The molecule has 2 aromatic heterocycles. The van der Waals surface area contributed by atoms with Crippen LogP contribution < -0.4 is 5.32 Å². The van der Waals surface area contributed by atoms with Crippen LogP contribution in [0.15, 0.2) is 40.6 Å². The highest BCUT2D eigenvalue weighted by molar-refractivity contribution is 7.89. The average Bonchev–Trinajstić information content (AvgIpc) is 3.47. The fourth-order valence-electron chi connectivity index (χ4n) is 3.29. The van der Waals surface area contributed by atoms with Gasteiger partial charge in [-0.2, -0.15) is 9.40 Å². The van der Waals surface area contributed by atoms with E-state index >= 15 is 0 Å². The van der Waals surface area contributed by atoms with Gasteiger partial charge in [-0.3, -0.25) is 9.89 Å². The second-order valence-electron chi connectivity index (χ2n) is 6.85. The summed E-state index contributed by atoms with van der Waals surface area (Å²) < 4.78 is 27.1. The number of aryl methyl sites for hydroxylation is 1. The van der Waals surface area contributed by atoms with E-state index in [4.69, 9.17) is 0 Å². The lowest BCUT2D eigenvalue weighted by atomic mass is 10.1. The van der Waals surface area contributed by atoms with Gasteiger partial charge in [0.2, 0.25) is 10.0 Å². The minimum absolute atomic E-state index is 0.0897. The molecule has 0 radical (unpaired) electrons. The molecule has 8 nitrogen and oxygen atoms in total. The smallest absolute Gasteiger partial charge is 0.263 e. The minimum Gasteiger partial charge on any atom is -0.347 e. The van der Waals surface area contributed by atoms with Gasteiger partial charge in [-0.05, 0) is 42.8 Å². The van der Waals surface area contributed by atoms with Crippen molar-refractivity contribution in [1.82, 2.24) is 24.8 Å². The van der Waals surface area contributed by atoms with Crippen molar-refractivity contribution in [2.24, 2.45) is 0 Å². The number of hydrogen-bond donors (Lipinski definition) is 2. The standard InChI is InChI=1S/C19H21N5O3S2/c1-13-21-18(23-22-13)15-6-4-5-14(11-15)12-20-19(25)17-16(7-10-28-17)29(26,27)24-8-2-3-9-24/h4-7,10-11H,2-3,8-9,12H2,1H3,(H,20,25)(H,21,22,23). The highest BCUT2D eigenvalue weighted by Gasteiger charge is 2.31. The van der Waals surface area contributed by atoms with Crippen molar-refractivity contribution >= 4 is 27.3 Å². The molecular formula is C19H21N5O3S2. The number of nitrogens with one attached hydrogen (secondary N) is 2. The third-order valence-corrected chi connectivity index (χ3v) is 7.74. The first-order valence-corrected chi connectivity index (χ1v) is 11.6. The minimum atomic E-state index is -3.63. The Kier molecular flexibility index (Phi) is 5.48. The quantitative estimate of drug-likeness (QED) is 0.624. The number of sulfonamides is 1. The Balaban J connectivity index is 1.48. The lowest BCUT2D eigenvalue weighted by Gasteiger charge is -2.15. The highest BCUT2D eigenvalue weighted by atomic mass is 32.2. The predicted molar refractivity (Wildman–Crippen MR) is 110 cm³/mol. The molecule has 4 rings (SSSR count). The summed E-state index contributed by atoms with van der Waals surface area (Å²) in [5, 5.41) is 11.4. The molecule has 1 amide bonds. The second-order valence-corrected chi connectivity index (χ2v) is 9.68. The average molecular weight is 432 g/mol. The topological polar surface area (TPSA) is 108 Å². The van der Waals surface area contributed by atoms with Crippen LogP contribution in [0.5, 0.6) is 0 Å². The Morgan fingerprint density at radius 3 is 2.79 bits per heavy atom. The fraction of sp³-hybridized carbons (Fsp3) is 0.316. The summed E-state index contributed by atoms with van der Waals surface area (Å²) in [5.74, 6) is 0.924. The zero-order chi connectivity index (χ0) is 20.4. The van der Waals surface area contributed by atoms with Crippen LogP contribution >= 0.6 is 11.3 Å². The van der Waals surface area contributed by atoms with E-state index in [1.165, 1.54) is 10.4 Å². The van der Waals surface area contributed by atoms with Crippen LogP contribution in [0.1, 0.15) is 33.9 Å². The number of hydrogen-bond acceptors (Lipinski definition) is 6. The third-order valence-electron chi connectivity index (χ3n) is 4.75. The van der Waals surface area contributed by atoms with Crippen molar-refractivity contribution in [3.63, 3.8) is 0 Å². The van der Waals surface area contributed by atoms with Crippen molar-refractivity contribution in [2.45, 2.75) is 31.2 Å². The fourth-order valence-corrected chi connectivity index (χ4v) is 6.12. The van der Waals surface area contributed by atoms with E-state index in [9.17, 15) is 13.2 Å². The first kappa shape index (κ1) is 19.7. The van der Waals surface area contributed by atoms with Crippen LogP contribution in [0.2, 0.25) is 0 Å². The number of rotatable bonds is 6. The number of amides is 1. The number of carbonyl (C=O) groups is 1. The molecular weight excluding hydrogens is 410 g/mol. The lowest BCUT2D eigenvalue weighted by Crippen LogP contribution is -2.30. The van der Waals surface area contributed by atoms with Crippen molar-refractivity contribution in [2.75, 3.05) is 13.1 Å². The molecule has 1 saturated heterocycles. The summed E-state index contributed by atoms with van der Waals surface area (Å²) in [5.41, 5.74) is 1.72. The van der Waals surface area contributed by atoms with Gasteiger partial charge >= 0.3 is 0 Å². The Morgan fingerprint density at radius 2 is 2.07 bits per heavy atom. The molecule has 0 unspecified atom stereocenters. The molecule has 0 atom stereocenters. The Bertz CT molecular complexity index is 1130. The molecule has 1 aliphatic rings. The SMILES string of the molecule is Cc1nc(-c2cccc(CNC(=O)c3sccc3S(=O)(=O)N3CCCC3)c2)n[nH]1. The van der Waals surface area contributed by atoms with E-state index in [1.807, 2.05) is 31.2 Å². The molecule has 3 heterocycles. The van der Waals surface area contributed by atoms with Crippen molar-refractivity contribution in [3.05, 3.63) is 52.0 Å². The zero-order valence-corrected chi connectivity index (χ0v) is 17.5. The van der Waals surface area contributed by atoms with E-state index in [1.54, 1.807) is 5.38 Å². The van der Waals surface area contributed by atoms with Gasteiger partial charge in [0.1, 0.15) is 15.6 Å². The number of carbonyl (C=O) groups excluding carboxylic acids is 1. The van der Waals surface area contributed by atoms with Crippen LogP contribution in [0.4, 0.5) is 0 Å². The van der Waals surface area contributed by atoms with Crippen LogP contribution in [0.3, 0.4) is 0 Å². The molecule has 152 valence electrons. The monoisotopic (exact) mass is 431 g/mol. The molecule has 3 aromatic rings. The van der Waals surface area contributed by atoms with Crippen molar-refractivity contribution in [1.29, 1.82) is 0 Å². The largest absolute Gasteiger partial charge is 0.347 e. The molecule has 1 aliphatic heterocycles. The van der Waals surface area contributed by atoms with Gasteiger partial charge in [0, 0.05) is 25.2 Å². The summed E-state index contributed by atoms with van der Waals surface area (Å²) in [4.78, 5) is 17.3. The van der Waals surface area contributed by atoms with Gasteiger partial charge in [-0.1, -0.05) is 18.2 Å². The molecule has 2 N–H and O–H groups in total. The van der Waals surface area contributed by atoms with Gasteiger partial charge < -0.3 is 5.32 Å². The van der Waals surface area contributed by atoms with E-state index < -0.39 is 15.9 Å². The van der Waals surface area contributed by atoms with Crippen molar-refractivity contribution < 1.29 is 13.2 Å². The molecule has 0 saturated carbocycles. The van der Waals surface area contributed by atoms with Crippen LogP contribution in [0, 0.1) is 6.92 Å². The summed E-state index contributed by atoms with van der Waals surface area (Å²) >= 11 is 1.14. The number of thiophene rings is 1. The predicted octanol–water partition coefficient (Wildman–Crippen LogP) is 2.56. The van der Waals surface area contributed by atoms with E-state index in [2.05, 4.69) is 20.5 Å². The molecule has 0 spiro atoms. The van der Waals surface area contributed by atoms with Gasteiger partial charge in [0.25, 0.3) is 5.91 Å². The molecule has 1 fully saturated rings. The van der Waals surface area contributed by atoms with E-state index in [-0.39, 0.29) is 16.3 Å². The van der Waals surface area contributed by atoms with Crippen LogP contribution in [-0.2, 0) is 16.6 Å². The molecule has 0 aliphatic carbocycles. The maximum absolute atomic E-state index is 12.8. The van der Waals surface area contributed by atoms with Gasteiger partial charge in [-0.25, -0.2) is 13.4 Å². The Labute approximate surface area is 173 Å². The molecule has 0 bridgehead atoms. The molecule has 1 aromatic carbocycles. The number of aromatic nitrogens is 3. The van der Waals surface area contributed by atoms with Gasteiger partial charge in [-0.15, -0.1) is 11.3 Å². The zero-order valence-electron chi connectivity index (χ0n) is 15.9. The normalized spacial score (nSPS) is 14.9. The maximum atomic E-state index is 12.8. The van der Waals surface area contributed by atoms with E-state index in [0.29, 0.717) is 18.9 Å². The molecule has 29 heavy (non-hydrogen) atoms. The highest BCUT2D eigenvalue weighted by Crippen LogP contribution is 2.27. The Hall–Kier alpha value is -2.56. The van der Waals surface area contributed by atoms with Crippen LogP contribution in [0.25, 0.3) is 11.4 Å². The van der Waals surface area contributed by atoms with Crippen LogP contribution in [-0.4, -0.2) is 46.9 Å². The summed E-state index contributed by atoms with van der Waals surface area (Å²) in [6, 6.07) is 9.07. The number of aromatic amines is 1. The van der Waals surface area contributed by atoms with Gasteiger partial charge in [0.15, 0.2) is 5.82 Å². The lowest BCUT2D eigenvalue weighted by molar-refractivity contribution is 0.0952. The summed E-state index contributed by atoms with van der Waals surface area (Å²) in [6.45, 7) is 3.12. The first-order valence-electron chi connectivity index (χ1n) is 9.29. The van der Waals surface area contributed by atoms with E-state index in [0.717, 1.165) is 41.1 Å².